The normalized spacial score (nSPS) is 19.7. The minimum Gasteiger partial charge on any atom is -0.245 e. The molecule has 0 saturated heterocycles. The third-order valence-corrected chi connectivity index (χ3v) is 2.40. The molecule has 0 amide bonds. The number of hydrogen-bond acceptors (Lipinski definition) is 2. The van der Waals surface area contributed by atoms with Gasteiger partial charge in [-0.25, -0.2) is 9.97 Å². The molecular formula is C9H12N2. The lowest BCUT2D eigenvalue weighted by Gasteiger charge is -2.06. The van der Waals surface area contributed by atoms with E-state index in [1.165, 1.54) is 18.5 Å². The summed E-state index contributed by atoms with van der Waals surface area (Å²) in [6.07, 6.45) is 6.21. The summed E-state index contributed by atoms with van der Waals surface area (Å²) < 4.78 is 0. The van der Waals surface area contributed by atoms with Crippen LogP contribution < -0.4 is 0 Å². The molecule has 1 aliphatic carbocycles. The van der Waals surface area contributed by atoms with E-state index in [4.69, 9.17) is 0 Å². The predicted molar refractivity (Wildman–Crippen MR) is 43.2 cm³/mol. The Morgan fingerprint density at radius 3 is 2.91 bits per heavy atom. The molecule has 1 aromatic heterocycles. The smallest absolute Gasteiger partial charge is 0.115 e. The van der Waals surface area contributed by atoms with Crippen molar-refractivity contribution < 1.29 is 0 Å². The fourth-order valence-corrected chi connectivity index (χ4v) is 1.41. The maximum absolute atomic E-state index is 4.23. The second-order valence-corrected chi connectivity index (χ2v) is 3.26. The summed E-state index contributed by atoms with van der Waals surface area (Å²) in [6.45, 7) is 2.25. The first-order chi connectivity index (χ1) is 5.38. The van der Waals surface area contributed by atoms with Crippen LogP contribution in [0.2, 0.25) is 0 Å². The highest BCUT2D eigenvalue weighted by molar-refractivity contribution is 5.08. The van der Waals surface area contributed by atoms with Crippen LogP contribution in [0, 0.1) is 5.92 Å². The Morgan fingerprint density at radius 2 is 2.36 bits per heavy atom. The van der Waals surface area contributed by atoms with Gasteiger partial charge in [0.05, 0.1) is 0 Å². The summed E-state index contributed by atoms with van der Waals surface area (Å²) >= 11 is 0. The van der Waals surface area contributed by atoms with Gasteiger partial charge < -0.3 is 0 Å². The van der Waals surface area contributed by atoms with Gasteiger partial charge in [-0.1, -0.05) is 6.92 Å². The Balaban J connectivity index is 2.15. The van der Waals surface area contributed by atoms with E-state index < -0.39 is 0 Å². The van der Waals surface area contributed by atoms with Crippen LogP contribution in [0.4, 0.5) is 0 Å². The summed E-state index contributed by atoms with van der Waals surface area (Å²) in [7, 11) is 0. The highest BCUT2D eigenvalue weighted by Crippen LogP contribution is 2.41. The van der Waals surface area contributed by atoms with Crippen LogP contribution in [0.15, 0.2) is 18.6 Å². The third-order valence-electron chi connectivity index (χ3n) is 2.40. The lowest BCUT2D eigenvalue weighted by molar-refractivity contribution is 0.641. The molecule has 1 atom stereocenters. The predicted octanol–water partition coefficient (Wildman–Crippen LogP) is 1.99. The molecule has 1 aliphatic rings. The van der Waals surface area contributed by atoms with Gasteiger partial charge in [0.2, 0.25) is 0 Å². The second kappa shape index (κ2) is 2.61. The van der Waals surface area contributed by atoms with Crippen molar-refractivity contribution in [1.29, 1.82) is 0 Å². The van der Waals surface area contributed by atoms with Crippen LogP contribution in [0.1, 0.15) is 31.4 Å². The summed E-state index contributed by atoms with van der Waals surface area (Å²) in [5.41, 5.74) is 1.20. The number of rotatable bonds is 2. The van der Waals surface area contributed by atoms with Crippen LogP contribution in [-0.4, -0.2) is 9.97 Å². The van der Waals surface area contributed by atoms with E-state index in [2.05, 4.69) is 16.9 Å². The van der Waals surface area contributed by atoms with Gasteiger partial charge in [0, 0.05) is 17.8 Å². The van der Waals surface area contributed by atoms with E-state index >= 15 is 0 Å². The first kappa shape index (κ1) is 6.77. The molecule has 0 unspecified atom stereocenters. The number of nitrogens with zero attached hydrogens (tertiary/aromatic N) is 2. The molecule has 0 N–H and O–H groups in total. The van der Waals surface area contributed by atoms with E-state index in [-0.39, 0.29) is 0 Å². The van der Waals surface area contributed by atoms with E-state index in [1.807, 2.05) is 12.3 Å². The first-order valence-corrected chi connectivity index (χ1v) is 4.14. The quantitative estimate of drug-likeness (QED) is 0.641. The molecule has 0 bridgehead atoms. The van der Waals surface area contributed by atoms with Crippen molar-refractivity contribution in [3.63, 3.8) is 0 Å². The van der Waals surface area contributed by atoms with Gasteiger partial charge >= 0.3 is 0 Å². The van der Waals surface area contributed by atoms with Crippen LogP contribution in [0.5, 0.6) is 0 Å². The maximum Gasteiger partial charge on any atom is 0.115 e. The SMILES string of the molecule is C[C@@H](c1ccncn1)C1CC1. The van der Waals surface area contributed by atoms with Crippen molar-refractivity contribution in [2.45, 2.75) is 25.7 Å². The van der Waals surface area contributed by atoms with Gasteiger partial charge in [-0.05, 0) is 24.8 Å². The average molecular weight is 148 g/mol. The molecule has 1 saturated carbocycles. The van der Waals surface area contributed by atoms with Gasteiger partial charge in [-0.15, -0.1) is 0 Å². The minimum atomic E-state index is 0.637. The minimum absolute atomic E-state index is 0.637. The Kier molecular flexibility index (Phi) is 1.60. The van der Waals surface area contributed by atoms with Gasteiger partial charge in [-0.3, -0.25) is 0 Å². The van der Waals surface area contributed by atoms with Crippen molar-refractivity contribution in [2.75, 3.05) is 0 Å². The Morgan fingerprint density at radius 1 is 1.55 bits per heavy atom. The summed E-state index contributed by atoms with van der Waals surface area (Å²) in [4.78, 5) is 8.13. The topological polar surface area (TPSA) is 25.8 Å². The molecule has 0 spiro atoms. The molecule has 1 heterocycles. The standard InChI is InChI=1S/C9H12N2/c1-7(8-2-3-8)9-4-5-10-6-11-9/h4-8H,2-3H2,1H3/t7-/m1/s1. The monoisotopic (exact) mass is 148 g/mol. The van der Waals surface area contributed by atoms with E-state index in [9.17, 15) is 0 Å². The number of hydrogen-bond donors (Lipinski definition) is 0. The molecule has 2 heteroatoms. The molecule has 2 nitrogen and oxygen atoms in total. The Hall–Kier alpha value is -0.920. The Labute approximate surface area is 66.7 Å². The summed E-state index contributed by atoms with van der Waals surface area (Å²) in [6, 6.07) is 2.02. The lowest BCUT2D eigenvalue weighted by Crippen LogP contribution is -1.98. The largest absolute Gasteiger partial charge is 0.245 e. The fraction of sp³-hybridized carbons (Fsp3) is 0.556. The Bertz CT molecular complexity index is 229. The zero-order valence-corrected chi connectivity index (χ0v) is 6.70. The van der Waals surface area contributed by atoms with Crippen molar-refractivity contribution >= 4 is 0 Å². The van der Waals surface area contributed by atoms with Crippen molar-refractivity contribution in [3.05, 3.63) is 24.3 Å². The zero-order chi connectivity index (χ0) is 7.68. The molecular weight excluding hydrogens is 136 g/mol. The highest BCUT2D eigenvalue weighted by atomic mass is 14.8. The zero-order valence-electron chi connectivity index (χ0n) is 6.70. The average Bonchev–Trinajstić information content (AvgIpc) is 2.87. The van der Waals surface area contributed by atoms with Crippen molar-refractivity contribution in [2.24, 2.45) is 5.92 Å². The van der Waals surface area contributed by atoms with Gasteiger partial charge in [0.25, 0.3) is 0 Å². The van der Waals surface area contributed by atoms with E-state index in [0.29, 0.717) is 5.92 Å². The van der Waals surface area contributed by atoms with Gasteiger partial charge in [0.1, 0.15) is 6.33 Å². The van der Waals surface area contributed by atoms with Gasteiger partial charge in [-0.2, -0.15) is 0 Å². The summed E-state index contributed by atoms with van der Waals surface area (Å²) in [5.74, 6) is 1.53. The van der Waals surface area contributed by atoms with E-state index in [1.54, 1.807) is 6.33 Å². The second-order valence-electron chi connectivity index (χ2n) is 3.26. The van der Waals surface area contributed by atoms with Crippen LogP contribution >= 0.6 is 0 Å². The van der Waals surface area contributed by atoms with Crippen molar-refractivity contribution in [1.82, 2.24) is 9.97 Å². The van der Waals surface area contributed by atoms with Crippen LogP contribution in [0.3, 0.4) is 0 Å². The molecule has 2 rings (SSSR count). The first-order valence-electron chi connectivity index (χ1n) is 4.14. The summed E-state index contributed by atoms with van der Waals surface area (Å²) in [5, 5.41) is 0. The molecule has 0 aliphatic heterocycles. The van der Waals surface area contributed by atoms with Crippen molar-refractivity contribution in [3.8, 4) is 0 Å². The van der Waals surface area contributed by atoms with Crippen LogP contribution in [-0.2, 0) is 0 Å². The fourth-order valence-electron chi connectivity index (χ4n) is 1.41. The molecule has 0 aromatic carbocycles. The molecule has 1 fully saturated rings. The molecule has 58 valence electrons. The number of aromatic nitrogens is 2. The molecule has 11 heavy (non-hydrogen) atoms. The van der Waals surface area contributed by atoms with Crippen LogP contribution in [0.25, 0.3) is 0 Å². The molecule has 1 aromatic rings. The lowest BCUT2D eigenvalue weighted by atomic mass is 10.0. The third kappa shape index (κ3) is 1.39. The van der Waals surface area contributed by atoms with Gasteiger partial charge in [0.15, 0.2) is 0 Å². The highest BCUT2D eigenvalue weighted by Gasteiger charge is 2.29. The maximum atomic E-state index is 4.23. The molecule has 0 radical (unpaired) electrons. The van der Waals surface area contributed by atoms with E-state index in [0.717, 1.165) is 5.92 Å².